The van der Waals surface area contributed by atoms with Gasteiger partial charge in [-0.05, 0) is 58.7 Å². The highest BCUT2D eigenvalue weighted by atomic mass is 79.9. The molecule has 0 amide bonds. The van der Waals surface area contributed by atoms with Crippen LogP contribution in [0.3, 0.4) is 0 Å². The van der Waals surface area contributed by atoms with E-state index < -0.39 is 10.0 Å². The van der Waals surface area contributed by atoms with E-state index >= 15 is 0 Å². The molecule has 0 aromatic heterocycles. The van der Waals surface area contributed by atoms with Gasteiger partial charge in [-0.15, -0.1) is 0 Å². The summed E-state index contributed by atoms with van der Waals surface area (Å²) in [6.45, 7) is 2.51. The van der Waals surface area contributed by atoms with Gasteiger partial charge in [0.25, 0.3) is 10.0 Å². The molecular formula is C16H18BrNO4S. The van der Waals surface area contributed by atoms with Gasteiger partial charge in [0.2, 0.25) is 0 Å². The third-order valence-corrected chi connectivity index (χ3v) is 5.05. The highest BCUT2D eigenvalue weighted by molar-refractivity contribution is 9.10. The van der Waals surface area contributed by atoms with Crippen molar-refractivity contribution >= 4 is 31.6 Å². The molecule has 5 nitrogen and oxygen atoms in total. The van der Waals surface area contributed by atoms with Crippen LogP contribution < -0.4 is 14.2 Å². The second-order valence-electron chi connectivity index (χ2n) is 4.77. The summed E-state index contributed by atoms with van der Waals surface area (Å²) in [4.78, 5) is 0.141. The highest BCUT2D eigenvalue weighted by Crippen LogP contribution is 2.29. The van der Waals surface area contributed by atoms with Crippen LogP contribution >= 0.6 is 15.9 Å². The van der Waals surface area contributed by atoms with E-state index in [4.69, 9.17) is 9.47 Å². The summed E-state index contributed by atoms with van der Waals surface area (Å²) in [7, 11) is -2.13. The lowest BCUT2D eigenvalue weighted by Gasteiger charge is -2.12. The first-order chi connectivity index (χ1) is 11.0. The van der Waals surface area contributed by atoms with Crippen LogP contribution in [0.2, 0.25) is 0 Å². The van der Waals surface area contributed by atoms with E-state index in [1.54, 1.807) is 37.4 Å². The molecule has 0 radical (unpaired) electrons. The van der Waals surface area contributed by atoms with Gasteiger partial charge in [0, 0.05) is 11.8 Å². The quantitative estimate of drug-likeness (QED) is 0.762. The maximum absolute atomic E-state index is 12.5. The SMILES string of the molecule is CCCOc1cc(S(=O)(=O)Nc2ccc(OC)cc2)ccc1Br. The van der Waals surface area contributed by atoms with Crippen LogP contribution in [-0.2, 0) is 10.0 Å². The van der Waals surface area contributed by atoms with Crippen LogP contribution in [0.4, 0.5) is 5.69 Å². The summed E-state index contributed by atoms with van der Waals surface area (Å²) >= 11 is 3.36. The van der Waals surface area contributed by atoms with Crippen molar-refractivity contribution in [1.29, 1.82) is 0 Å². The molecule has 0 atom stereocenters. The van der Waals surface area contributed by atoms with Gasteiger partial charge < -0.3 is 9.47 Å². The molecule has 0 bridgehead atoms. The molecule has 23 heavy (non-hydrogen) atoms. The molecule has 0 heterocycles. The van der Waals surface area contributed by atoms with Crippen molar-refractivity contribution in [2.45, 2.75) is 18.2 Å². The second-order valence-corrected chi connectivity index (χ2v) is 7.31. The van der Waals surface area contributed by atoms with Crippen molar-refractivity contribution in [1.82, 2.24) is 0 Å². The second kappa shape index (κ2) is 7.70. The Kier molecular flexibility index (Phi) is 5.90. The Bertz CT molecular complexity index is 760. The van der Waals surface area contributed by atoms with Crippen LogP contribution in [0.1, 0.15) is 13.3 Å². The number of halogens is 1. The summed E-state index contributed by atoms with van der Waals surface area (Å²) in [6, 6.07) is 11.4. The summed E-state index contributed by atoms with van der Waals surface area (Å²) in [6.07, 6.45) is 0.841. The number of hydrogen-bond acceptors (Lipinski definition) is 4. The third-order valence-electron chi connectivity index (χ3n) is 3.02. The number of benzene rings is 2. The number of sulfonamides is 1. The van der Waals surface area contributed by atoms with E-state index in [9.17, 15) is 8.42 Å². The predicted octanol–water partition coefficient (Wildman–Crippen LogP) is 4.05. The molecule has 2 aromatic rings. The Morgan fingerprint density at radius 3 is 2.43 bits per heavy atom. The molecule has 0 aliphatic carbocycles. The molecule has 7 heteroatoms. The minimum Gasteiger partial charge on any atom is -0.497 e. The van der Waals surface area contributed by atoms with E-state index in [1.807, 2.05) is 6.92 Å². The van der Waals surface area contributed by atoms with Crippen molar-refractivity contribution in [3.63, 3.8) is 0 Å². The Morgan fingerprint density at radius 1 is 1.13 bits per heavy atom. The Morgan fingerprint density at radius 2 is 1.83 bits per heavy atom. The monoisotopic (exact) mass is 399 g/mol. The van der Waals surface area contributed by atoms with Crippen molar-refractivity contribution in [2.75, 3.05) is 18.4 Å². The Hall–Kier alpha value is -1.73. The van der Waals surface area contributed by atoms with Crippen LogP contribution in [0.5, 0.6) is 11.5 Å². The molecule has 0 aliphatic heterocycles. The Balaban J connectivity index is 2.24. The molecule has 0 saturated carbocycles. The third kappa shape index (κ3) is 4.62. The fraction of sp³-hybridized carbons (Fsp3) is 0.250. The molecule has 0 spiro atoms. The average Bonchev–Trinajstić information content (AvgIpc) is 2.54. The first kappa shape index (κ1) is 17.6. The van der Waals surface area contributed by atoms with Gasteiger partial charge in [-0.3, -0.25) is 4.72 Å². The van der Waals surface area contributed by atoms with E-state index in [0.717, 1.165) is 6.42 Å². The van der Waals surface area contributed by atoms with Gasteiger partial charge in [-0.25, -0.2) is 8.42 Å². The molecule has 2 aromatic carbocycles. The first-order valence-electron chi connectivity index (χ1n) is 7.05. The maximum atomic E-state index is 12.5. The average molecular weight is 400 g/mol. The van der Waals surface area contributed by atoms with E-state index in [-0.39, 0.29) is 4.90 Å². The fourth-order valence-electron chi connectivity index (χ4n) is 1.85. The van der Waals surface area contributed by atoms with E-state index in [1.165, 1.54) is 12.1 Å². The molecule has 0 aliphatic rings. The summed E-state index contributed by atoms with van der Waals surface area (Å²) in [5.74, 6) is 1.16. The summed E-state index contributed by atoms with van der Waals surface area (Å²) in [5, 5.41) is 0. The normalized spacial score (nSPS) is 11.1. The summed E-state index contributed by atoms with van der Waals surface area (Å²) < 4.78 is 38.8. The van der Waals surface area contributed by atoms with Gasteiger partial charge in [0.15, 0.2) is 0 Å². The highest BCUT2D eigenvalue weighted by Gasteiger charge is 2.16. The molecule has 0 fully saturated rings. The van der Waals surface area contributed by atoms with Crippen molar-refractivity contribution in [2.24, 2.45) is 0 Å². The maximum Gasteiger partial charge on any atom is 0.262 e. The molecule has 1 N–H and O–H groups in total. The minimum absolute atomic E-state index is 0.141. The van der Waals surface area contributed by atoms with E-state index in [2.05, 4.69) is 20.7 Å². The van der Waals surface area contributed by atoms with Crippen LogP contribution in [-0.4, -0.2) is 22.1 Å². The minimum atomic E-state index is -3.69. The van der Waals surface area contributed by atoms with Crippen molar-refractivity contribution in [3.05, 3.63) is 46.9 Å². The zero-order valence-electron chi connectivity index (χ0n) is 12.9. The molecule has 2 rings (SSSR count). The van der Waals surface area contributed by atoms with Crippen LogP contribution in [0.25, 0.3) is 0 Å². The van der Waals surface area contributed by atoms with Crippen molar-refractivity contribution in [3.8, 4) is 11.5 Å². The number of rotatable bonds is 7. The van der Waals surface area contributed by atoms with Gasteiger partial charge in [0.05, 0.1) is 23.1 Å². The number of anilines is 1. The zero-order valence-corrected chi connectivity index (χ0v) is 15.3. The molecule has 0 saturated heterocycles. The summed E-state index contributed by atoms with van der Waals surface area (Å²) in [5.41, 5.74) is 0.463. The van der Waals surface area contributed by atoms with Gasteiger partial charge in [-0.2, -0.15) is 0 Å². The predicted molar refractivity (Wildman–Crippen MR) is 93.7 cm³/mol. The van der Waals surface area contributed by atoms with Gasteiger partial charge >= 0.3 is 0 Å². The lowest BCUT2D eigenvalue weighted by Crippen LogP contribution is -2.13. The standard InChI is InChI=1S/C16H18BrNO4S/c1-3-10-22-16-11-14(8-9-15(16)17)23(19,20)18-12-4-6-13(21-2)7-5-12/h4-9,11,18H,3,10H2,1-2H3. The van der Waals surface area contributed by atoms with Gasteiger partial charge in [0.1, 0.15) is 11.5 Å². The Labute approximate surface area is 144 Å². The number of nitrogens with one attached hydrogen (secondary N) is 1. The first-order valence-corrected chi connectivity index (χ1v) is 9.33. The van der Waals surface area contributed by atoms with Crippen molar-refractivity contribution < 1.29 is 17.9 Å². The lowest BCUT2D eigenvalue weighted by atomic mass is 10.3. The smallest absolute Gasteiger partial charge is 0.262 e. The van der Waals surface area contributed by atoms with Crippen LogP contribution in [0.15, 0.2) is 51.8 Å². The fourth-order valence-corrected chi connectivity index (χ4v) is 3.28. The largest absolute Gasteiger partial charge is 0.497 e. The van der Waals surface area contributed by atoms with Gasteiger partial charge in [-0.1, -0.05) is 6.92 Å². The molecular weight excluding hydrogens is 382 g/mol. The zero-order chi connectivity index (χ0) is 16.9. The molecule has 124 valence electrons. The lowest BCUT2D eigenvalue weighted by molar-refractivity contribution is 0.314. The van der Waals surface area contributed by atoms with Crippen LogP contribution in [0, 0.1) is 0 Å². The van der Waals surface area contributed by atoms with E-state index in [0.29, 0.717) is 28.3 Å². The number of hydrogen-bond donors (Lipinski definition) is 1. The topological polar surface area (TPSA) is 64.6 Å². The molecule has 0 unspecified atom stereocenters. The number of methoxy groups -OCH3 is 1. The number of ether oxygens (including phenoxy) is 2.